The molecule has 4 nitrogen and oxygen atoms in total. The monoisotopic (exact) mass is 242 g/mol. The van der Waals surface area contributed by atoms with E-state index in [2.05, 4.69) is 4.98 Å². The molecule has 1 aromatic carbocycles. The van der Waals surface area contributed by atoms with Gasteiger partial charge in [-0.05, 0) is 50.1 Å². The summed E-state index contributed by atoms with van der Waals surface area (Å²) in [4.78, 5) is 14.7. The Hall–Kier alpha value is -2.23. The number of pyridine rings is 1. The number of aryl methyl sites for hydroxylation is 3. The number of nitro groups is 1. The molecule has 1 aromatic heterocycles. The average Bonchev–Trinajstić information content (AvgIpc) is 2.28. The van der Waals surface area contributed by atoms with Gasteiger partial charge in [-0.3, -0.25) is 15.1 Å². The highest BCUT2D eigenvalue weighted by Gasteiger charge is 2.10. The molecule has 0 aliphatic carbocycles. The largest absolute Gasteiger partial charge is 0.269 e. The van der Waals surface area contributed by atoms with E-state index in [1.807, 2.05) is 26.8 Å². The fraction of sp³-hybridized carbons (Fsp3) is 0.214. The molecule has 0 saturated carbocycles. The van der Waals surface area contributed by atoms with E-state index < -0.39 is 4.92 Å². The highest BCUT2D eigenvalue weighted by Crippen LogP contribution is 2.28. The van der Waals surface area contributed by atoms with Gasteiger partial charge in [0.1, 0.15) is 0 Å². The van der Waals surface area contributed by atoms with Gasteiger partial charge in [-0.2, -0.15) is 0 Å². The fourth-order valence-corrected chi connectivity index (χ4v) is 2.21. The first-order valence-corrected chi connectivity index (χ1v) is 5.68. The molecular weight excluding hydrogens is 228 g/mol. The lowest BCUT2D eigenvalue weighted by molar-refractivity contribution is -0.384. The first kappa shape index (κ1) is 12.2. The van der Waals surface area contributed by atoms with Crippen LogP contribution in [0, 0.1) is 30.9 Å². The van der Waals surface area contributed by atoms with Crippen molar-refractivity contribution in [2.45, 2.75) is 20.8 Å². The van der Waals surface area contributed by atoms with Gasteiger partial charge in [0, 0.05) is 29.1 Å². The maximum atomic E-state index is 10.6. The van der Waals surface area contributed by atoms with Crippen LogP contribution in [0.5, 0.6) is 0 Å². The predicted octanol–water partition coefficient (Wildman–Crippen LogP) is 3.58. The Bertz CT molecular complexity index is 581. The molecule has 1 heterocycles. The highest BCUT2D eigenvalue weighted by atomic mass is 16.6. The van der Waals surface area contributed by atoms with Gasteiger partial charge < -0.3 is 0 Å². The molecule has 0 atom stereocenters. The van der Waals surface area contributed by atoms with Crippen LogP contribution in [-0.2, 0) is 0 Å². The molecule has 18 heavy (non-hydrogen) atoms. The minimum atomic E-state index is -0.392. The van der Waals surface area contributed by atoms with Crippen molar-refractivity contribution in [1.29, 1.82) is 0 Å². The van der Waals surface area contributed by atoms with Gasteiger partial charge >= 0.3 is 0 Å². The number of hydrogen-bond donors (Lipinski definition) is 0. The molecule has 0 N–H and O–H groups in total. The third kappa shape index (κ3) is 2.22. The first-order chi connectivity index (χ1) is 8.49. The molecule has 0 radical (unpaired) electrons. The third-order valence-corrected chi connectivity index (χ3v) is 2.89. The molecule has 2 rings (SSSR count). The molecule has 2 aromatic rings. The van der Waals surface area contributed by atoms with Crippen molar-refractivity contribution < 1.29 is 4.92 Å². The maximum Gasteiger partial charge on any atom is 0.269 e. The minimum absolute atomic E-state index is 0.106. The standard InChI is InChI=1S/C14H14N2O2/c1-9-8-10(2)15-11(3)14(9)12-4-6-13(7-5-12)16(17)18/h4-8H,1-3H3. The van der Waals surface area contributed by atoms with E-state index in [1.54, 1.807) is 12.1 Å². The summed E-state index contributed by atoms with van der Waals surface area (Å²) in [6, 6.07) is 8.60. The van der Waals surface area contributed by atoms with Crippen molar-refractivity contribution in [3.05, 3.63) is 57.4 Å². The Balaban J connectivity index is 2.52. The van der Waals surface area contributed by atoms with Crippen molar-refractivity contribution in [2.24, 2.45) is 0 Å². The molecule has 0 bridgehead atoms. The normalized spacial score (nSPS) is 10.4. The van der Waals surface area contributed by atoms with E-state index >= 15 is 0 Å². The second-order valence-electron chi connectivity index (χ2n) is 4.34. The van der Waals surface area contributed by atoms with E-state index in [1.165, 1.54) is 12.1 Å². The zero-order chi connectivity index (χ0) is 13.3. The number of aromatic nitrogens is 1. The molecule has 0 aliphatic rings. The molecule has 0 amide bonds. The van der Waals surface area contributed by atoms with Crippen LogP contribution in [0.15, 0.2) is 30.3 Å². The van der Waals surface area contributed by atoms with Crippen molar-refractivity contribution in [3.8, 4) is 11.1 Å². The Morgan fingerprint density at radius 3 is 2.22 bits per heavy atom. The van der Waals surface area contributed by atoms with Crippen molar-refractivity contribution in [1.82, 2.24) is 4.98 Å². The highest BCUT2D eigenvalue weighted by molar-refractivity contribution is 5.70. The minimum Gasteiger partial charge on any atom is -0.258 e. The zero-order valence-electron chi connectivity index (χ0n) is 10.6. The molecule has 0 saturated heterocycles. The Morgan fingerprint density at radius 1 is 1.11 bits per heavy atom. The summed E-state index contributed by atoms with van der Waals surface area (Å²) in [5, 5.41) is 10.6. The summed E-state index contributed by atoms with van der Waals surface area (Å²) in [6.45, 7) is 5.94. The van der Waals surface area contributed by atoms with Crippen LogP contribution in [0.3, 0.4) is 0 Å². The summed E-state index contributed by atoms with van der Waals surface area (Å²) in [5.41, 5.74) is 5.18. The molecule has 0 fully saturated rings. The molecular formula is C14H14N2O2. The van der Waals surface area contributed by atoms with Crippen LogP contribution in [0.25, 0.3) is 11.1 Å². The Labute approximate surface area is 105 Å². The lowest BCUT2D eigenvalue weighted by Gasteiger charge is -2.10. The van der Waals surface area contributed by atoms with E-state index in [0.29, 0.717) is 0 Å². The fourth-order valence-electron chi connectivity index (χ4n) is 2.21. The average molecular weight is 242 g/mol. The van der Waals surface area contributed by atoms with Gasteiger partial charge in [0.25, 0.3) is 5.69 Å². The number of nitrogens with zero attached hydrogens (tertiary/aromatic N) is 2. The summed E-state index contributed by atoms with van der Waals surface area (Å²) < 4.78 is 0. The van der Waals surface area contributed by atoms with Crippen molar-refractivity contribution in [2.75, 3.05) is 0 Å². The summed E-state index contributed by atoms with van der Waals surface area (Å²) in [6.07, 6.45) is 0. The summed E-state index contributed by atoms with van der Waals surface area (Å²) in [5.74, 6) is 0. The van der Waals surface area contributed by atoms with Gasteiger partial charge in [-0.25, -0.2) is 0 Å². The van der Waals surface area contributed by atoms with E-state index in [4.69, 9.17) is 0 Å². The van der Waals surface area contributed by atoms with Gasteiger partial charge in [-0.1, -0.05) is 0 Å². The van der Waals surface area contributed by atoms with Crippen LogP contribution >= 0.6 is 0 Å². The Kier molecular flexibility index (Phi) is 3.10. The maximum absolute atomic E-state index is 10.6. The lowest BCUT2D eigenvalue weighted by atomic mass is 9.98. The van der Waals surface area contributed by atoms with Crippen LogP contribution in [0.2, 0.25) is 0 Å². The quantitative estimate of drug-likeness (QED) is 0.597. The summed E-state index contributed by atoms with van der Waals surface area (Å²) >= 11 is 0. The topological polar surface area (TPSA) is 56.0 Å². The van der Waals surface area contributed by atoms with Crippen LogP contribution in [-0.4, -0.2) is 9.91 Å². The van der Waals surface area contributed by atoms with Crippen molar-refractivity contribution in [3.63, 3.8) is 0 Å². The van der Waals surface area contributed by atoms with Crippen molar-refractivity contribution >= 4 is 5.69 Å². The number of benzene rings is 1. The van der Waals surface area contributed by atoms with E-state index in [0.717, 1.165) is 28.1 Å². The molecule has 0 aliphatic heterocycles. The second kappa shape index (κ2) is 4.56. The number of hydrogen-bond acceptors (Lipinski definition) is 3. The molecule has 0 unspecified atom stereocenters. The van der Waals surface area contributed by atoms with Gasteiger partial charge in [0.15, 0.2) is 0 Å². The molecule has 0 spiro atoms. The third-order valence-electron chi connectivity index (χ3n) is 2.89. The zero-order valence-corrected chi connectivity index (χ0v) is 10.6. The van der Waals surface area contributed by atoms with Crippen LogP contribution in [0.1, 0.15) is 17.0 Å². The molecule has 4 heteroatoms. The SMILES string of the molecule is Cc1cc(C)c(-c2ccc([N+](=O)[O-])cc2)c(C)n1. The smallest absolute Gasteiger partial charge is 0.258 e. The first-order valence-electron chi connectivity index (χ1n) is 5.68. The van der Waals surface area contributed by atoms with E-state index in [9.17, 15) is 10.1 Å². The number of rotatable bonds is 2. The lowest BCUT2D eigenvalue weighted by Crippen LogP contribution is -1.95. The Morgan fingerprint density at radius 2 is 1.72 bits per heavy atom. The van der Waals surface area contributed by atoms with Gasteiger partial charge in [0.05, 0.1) is 4.92 Å². The summed E-state index contributed by atoms with van der Waals surface area (Å²) in [7, 11) is 0. The van der Waals surface area contributed by atoms with Crippen LogP contribution in [0.4, 0.5) is 5.69 Å². The van der Waals surface area contributed by atoms with Gasteiger partial charge in [0.2, 0.25) is 0 Å². The number of non-ortho nitro benzene ring substituents is 1. The molecule has 92 valence electrons. The second-order valence-corrected chi connectivity index (χ2v) is 4.34. The predicted molar refractivity (Wildman–Crippen MR) is 70.5 cm³/mol. The van der Waals surface area contributed by atoms with E-state index in [-0.39, 0.29) is 5.69 Å². The number of nitro benzene ring substituents is 1. The van der Waals surface area contributed by atoms with Gasteiger partial charge in [-0.15, -0.1) is 0 Å². The van der Waals surface area contributed by atoms with Crippen LogP contribution < -0.4 is 0 Å².